The minimum atomic E-state index is 0.426. The van der Waals surface area contributed by atoms with E-state index in [1.807, 2.05) is 11.3 Å². The highest BCUT2D eigenvalue weighted by Gasteiger charge is 2.14. The second-order valence-electron chi connectivity index (χ2n) is 3.65. The lowest BCUT2D eigenvalue weighted by atomic mass is 10.2. The number of nitrogens with two attached hydrogens (primary N) is 1. The zero-order valence-corrected chi connectivity index (χ0v) is 8.52. The van der Waals surface area contributed by atoms with E-state index in [1.54, 1.807) is 5.57 Å². The van der Waals surface area contributed by atoms with Gasteiger partial charge in [-0.2, -0.15) is 0 Å². The van der Waals surface area contributed by atoms with Crippen LogP contribution in [0.4, 0.5) is 0 Å². The van der Waals surface area contributed by atoms with Crippen LogP contribution in [-0.2, 0) is 6.42 Å². The van der Waals surface area contributed by atoms with Crippen LogP contribution in [0.25, 0.3) is 0 Å². The molecule has 13 heavy (non-hydrogen) atoms. The van der Waals surface area contributed by atoms with Crippen molar-refractivity contribution in [2.24, 2.45) is 5.73 Å². The Morgan fingerprint density at radius 1 is 1.62 bits per heavy atom. The molecule has 1 aliphatic carbocycles. The molecule has 0 aliphatic heterocycles. The van der Waals surface area contributed by atoms with Crippen LogP contribution in [0.3, 0.4) is 0 Å². The SMILES string of the molecule is NC1CC/C(=C/Cc2cccs2)C1. The quantitative estimate of drug-likeness (QED) is 0.718. The van der Waals surface area contributed by atoms with Crippen LogP contribution >= 0.6 is 11.3 Å². The molecule has 2 N–H and O–H groups in total. The average Bonchev–Trinajstić information content (AvgIpc) is 2.71. The third-order valence-electron chi connectivity index (χ3n) is 2.53. The van der Waals surface area contributed by atoms with E-state index in [0.717, 1.165) is 12.8 Å². The van der Waals surface area contributed by atoms with Crippen molar-refractivity contribution in [1.29, 1.82) is 0 Å². The van der Waals surface area contributed by atoms with E-state index in [0.29, 0.717) is 6.04 Å². The Hall–Kier alpha value is -0.600. The van der Waals surface area contributed by atoms with Gasteiger partial charge in [0.1, 0.15) is 0 Å². The predicted octanol–water partition coefficient (Wildman–Crippen LogP) is 2.73. The molecule has 0 radical (unpaired) electrons. The third kappa shape index (κ3) is 2.42. The fraction of sp³-hybridized carbons (Fsp3) is 0.455. The maximum atomic E-state index is 5.84. The largest absolute Gasteiger partial charge is 0.327 e. The Bertz CT molecular complexity index is 287. The van der Waals surface area contributed by atoms with Crippen LogP contribution in [0.5, 0.6) is 0 Å². The lowest BCUT2D eigenvalue weighted by Crippen LogP contribution is -2.13. The predicted molar refractivity (Wildman–Crippen MR) is 57.9 cm³/mol. The summed E-state index contributed by atoms with van der Waals surface area (Å²) in [6.45, 7) is 0. The highest BCUT2D eigenvalue weighted by molar-refractivity contribution is 7.09. The smallest absolute Gasteiger partial charge is 0.00829 e. The Balaban J connectivity index is 1.91. The van der Waals surface area contributed by atoms with Crippen molar-refractivity contribution in [3.05, 3.63) is 34.0 Å². The Labute approximate surface area is 83.3 Å². The number of rotatable bonds is 2. The van der Waals surface area contributed by atoms with E-state index >= 15 is 0 Å². The molecule has 1 unspecified atom stereocenters. The lowest BCUT2D eigenvalue weighted by molar-refractivity contribution is 0.711. The summed E-state index contributed by atoms with van der Waals surface area (Å²) < 4.78 is 0. The monoisotopic (exact) mass is 193 g/mol. The van der Waals surface area contributed by atoms with Crippen molar-refractivity contribution in [3.63, 3.8) is 0 Å². The minimum Gasteiger partial charge on any atom is -0.327 e. The first-order valence-electron chi connectivity index (χ1n) is 4.80. The zero-order valence-electron chi connectivity index (χ0n) is 7.70. The molecule has 1 atom stereocenters. The fourth-order valence-electron chi connectivity index (χ4n) is 1.77. The lowest BCUT2D eigenvalue weighted by Gasteiger charge is -1.96. The molecule has 1 saturated carbocycles. The standard InChI is InChI=1S/C11H15NS/c12-10-5-3-9(8-10)4-6-11-2-1-7-13-11/h1-2,4,7,10H,3,5-6,8,12H2/b9-4-. The fourth-order valence-corrected chi connectivity index (χ4v) is 2.44. The Kier molecular flexibility index (Phi) is 2.81. The molecule has 70 valence electrons. The van der Waals surface area contributed by atoms with Crippen molar-refractivity contribution >= 4 is 11.3 Å². The van der Waals surface area contributed by atoms with E-state index in [9.17, 15) is 0 Å². The van der Waals surface area contributed by atoms with Crippen molar-refractivity contribution in [2.75, 3.05) is 0 Å². The topological polar surface area (TPSA) is 26.0 Å². The molecule has 2 heteroatoms. The summed E-state index contributed by atoms with van der Waals surface area (Å²) in [5.74, 6) is 0. The van der Waals surface area contributed by atoms with Gasteiger partial charge in [0.2, 0.25) is 0 Å². The van der Waals surface area contributed by atoms with E-state index in [-0.39, 0.29) is 0 Å². The summed E-state index contributed by atoms with van der Waals surface area (Å²) in [6.07, 6.45) is 6.96. The van der Waals surface area contributed by atoms with Crippen LogP contribution < -0.4 is 5.73 Å². The first kappa shape index (κ1) is 8.97. The van der Waals surface area contributed by atoms with Crippen LogP contribution in [0, 0.1) is 0 Å². The summed E-state index contributed by atoms with van der Waals surface area (Å²) >= 11 is 1.83. The van der Waals surface area contributed by atoms with Crippen molar-refractivity contribution in [2.45, 2.75) is 31.7 Å². The first-order valence-corrected chi connectivity index (χ1v) is 5.68. The van der Waals surface area contributed by atoms with Gasteiger partial charge in [-0.25, -0.2) is 0 Å². The number of hydrogen-bond acceptors (Lipinski definition) is 2. The maximum Gasteiger partial charge on any atom is 0.00829 e. The second kappa shape index (κ2) is 4.07. The van der Waals surface area contributed by atoms with Gasteiger partial charge in [-0.05, 0) is 37.1 Å². The van der Waals surface area contributed by atoms with Crippen LogP contribution in [0.15, 0.2) is 29.2 Å². The molecule has 0 saturated heterocycles. The molecule has 1 fully saturated rings. The molecule has 0 aromatic carbocycles. The van der Waals surface area contributed by atoms with E-state index in [2.05, 4.69) is 23.6 Å². The zero-order chi connectivity index (χ0) is 9.10. The summed E-state index contributed by atoms with van der Waals surface area (Å²) in [5.41, 5.74) is 7.39. The first-order chi connectivity index (χ1) is 6.34. The van der Waals surface area contributed by atoms with Crippen molar-refractivity contribution < 1.29 is 0 Å². The molecule has 1 nitrogen and oxygen atoms in total. The molecule has 1 aromatic heterocycles. The van der Waals surface area contributed by atoms with Gasteiger partial charge >= 0.3 is 0 Å². The summed E-state index contributed by atoms with van der Waals surface area (Å²) in [5, 5.41) is 2.13. The van der Waals surface area contributed by atoms with Gasteiger partial charge in [-0.1, -0.05) is 17.7 Å². The van der Waals surface area contributed by atoms with Gasteiger partial charge in [0, 0.05) is 10.9 Å². The van der Waals surface area contributed by atoms with Gasteiger partial charge in [0.25, 0.3) is 0 Å². The number of thiophene rings is 1. The Morgan fingerprint density at radius 2 is 2.54 bits per heavy atom. The summed E-state index contributed by atoms with van der Waals surface area (Å²) in [7, 11) is 0. The van der Waals surface area contributed by atoms with E-state index < -0.39 is 0 Å². The van der Waals surface area contributed by atoms with Gasteiger partial charge < -0.3 is 5.73 Å². The van der Waals surface area contributed by atoms with Gasteiger partial charge in [-0.3, -0.25) is 0 Å². The van der Waals surface area contributed by atoms with Gasteiger partial charge in [0.05, 0.1) is 0 Å². The molecule has 0 bridgehead atoms. The molecule has 0 spiro atoms. The van der Waals surface area contributed by atoms with Crippen molar-refractivity contribution in [1.82, 2.24) is 0 Å². The molecule has 1 heterocycles. The number of allylic oxidation sites excluding steroid dienone is 1. The molecule has 1 aromatic rings. The summed E-state index contributed by atoms with van der Waals surface area (Å²) in [6, 6.07) is 4.73. The maximum absolute atomic E-state index is 5.84. The third-order valence-corrected chi connectivity index (χ3v) is 3.43. The summed E-state index contributed by atoms with van der Waals surface area (Å²) in [4.78, 5) is 1.45. The van der Waals surface area contributed by atoms with Crippen LogP contribution in [0.2, 0.25) is 0 Å². The molecular formula is C11H15NS. The minimum absolute atomic E-state index is 0.426. The molecule has 1 aliphatic rings. The van der Waals surface area contributed by atoms with E-state index in [1.165, 1.54) is 17.7 Å². The van der Waals surface area contributed by atoms with Crippen LogP contribution in [-0.4, -0.2) is 6.04 Å². The molecule has 0 amide bonds. The Morgan fingerprint density at radius 3 is 3.15 bits per heavy atom. The molecular weight excluding hydrogens is 178 g/mol. The molecule has 2 rings (SSSR count). The highest BCUT2D eigenvalue weighted by Crippen LogP contribution is 2.24. The van der Waals surface area contributed by atoms with Gasteiger partial charge in [0.15, 0.2) is 0 Å². The van der Waals surface area contributed by atoms with Crippen molar-refractivity contribution in [3.8, 4) is 0 Å². The highest BCUT2D eigenvalue weighted by atomic mass is 32.1. The average molecular weight is 193 g/mol. The second-order valence-corrected chi connectivity index (χ2v) is 4.68. The van der Waals surface area contributed by atoms with E-state index in [4.69, 9.17) is 5.73 Å². The van der Waals surface area contributed by atoms with Gasteiger partial charge in [-0.15, -0.1) is 11.3 Å². The number of hydrogen-bond donors (Lipinski definition) is 1. The normalized spacial score (nSPS) is 25.6. The van der Waals surface area contributed by atoms with Crippen LogP contribution in [0.1, 0.15) is 24.1 Å².